The zero-order valence-corrected chi connectivity index (χ0v) is 6.71. The molecule has 1 heterocycles. The summed E-state index contributed by atoms with van der Waals surface area (Å²) in [6.07, 6.45) is 0.486. The molecular formula is C8H7NOS. The first-order valence-corrected chi connectivity index (χ1v) is 3.79. The van der Waals surface area contributed by atoms with Crippen molar-refractivity contribution in [2.75, 3.05) is 4.31 Å². The Morgan fingerprint density at radius 3 is 2.82 bits per heavy atom. The van der Waals surface area contributed by atoms with Gasteiger partial charge < -0.3 is 0 Å². The highest BCUT2D eigenvalue weighted by Gasteiger charge is 2.23. The van der Waals surface area contributed by atoms with E-state index in [1.807, 2.05) is 24.3 Å². The van der Waals surface area contributed by atoms with E-state index in [4.69, 9.17) is 0 Å². The predicted molar refractivity (Wildman–Crippen MR) is 46.6 cm³/mol. The minimum absolute atomic E-state index is 0.0505. The first-order valence-electron chi connectivity index (χ1n) is 3.39. The molecule has 0 spiro atoms. The van der Waals surface area contributed by atoms with E-state index in [1.165, 1.54) is 4.31 Å². The molecule has 0 saturated carbocycles. The van der Waals surface area contributed by atoms with Gasteiger partial charge in [0, 0.05) is 0 Å². The van der Waals surface area contributed by atoms with Gasteiger partial charge in [0.2, 0.25) is 5.91 Å². The number of hydrogen-bond acceptors (Lipinski definition) is 2. The standard InChI is InChI=1S/C8H7NOS/c10-8-5-6-3-1-2-4-7(6)9(8)11/h1-4,11H,5H2. The van der Waals surface area contributed by atoms with Crippen LogP contribution >= 0.6 is 12.8 Å². The fourth-order valence-corrected chi connectivity index (χ4v) is 1.50. The molecule has 2 rings (SSSR count). The second kappa shape index (κ2) is 2.27. The lowest BCUT2D eigenvalue weighted by Gasteiger charge is -2.06. The van der Waals surface area contributed by atoms with Crippen molar-refractivity contribution in [2.45, 2.75) is 6.42 Å². The van der Waals surface area contributed by atoms with Crippen LogP contribution in [-0.4, -0.2) is 5.91 Å². The summed E-state index contributed by atoms with van der Waals surface area (Å²) in [5, 5.41) is 0. The molecule has 0 bridgehead atoms. The van der Waals surface area contributed by atoms with E-state index in [-0.39, 0.29) is 5.91 Å². The van der Waals surface area contributed by atoms with Crippen LogP contribution in [-0.2, 0) is 11.2 Å². The molecule has 0 unspecified atom stereocenters. The van der Waals surface area contributed by atoms with Crippen LogP contribution in [0.2, 0.25) is 0 Å². The topological polar surface area (TPSA) is 20.3 Å². The van der Waals surface area contributed by atoms with Gasteiger partial charge in [-0.05, 0) is 11.6 Å². The van der Waals surface area contributed by atoms with E-state index < -0.39 is 0 Å². The average Bonchev–Trinajstić information content (AvgIpc) is 2.30. The largest absolute Gasteiger partial charge is 0.273 e. The van der Waals surface area contributed by atoms with Crippen LogP contribution in [0.4, 0.5) is 5.69 Å². The zero-order chi connectivity index (χ0) is 7.84. The second-order valence-corrected chi connectivity index (χ2v) is 2.91. The Labute approximate surface area is 70.4 Å². The third-order valence-corrected chi connectivity index (χ3v) is 2.24. The highest BCUT2D eigenvalue weighted by Crippen LogP contribution is 2.29. The number of fused-ring (bicyclic) bond motifs is 1. The van der Waals surface area contributed by atoms with Gasteiger partial charge in [0.05, 0.1) is 12.1 Å². The number of hydrogen-bond donors (Lipinski definition) is 1. The maximum absolute atomic E-state index is 11.1. The van der Waals surface area contributed by atoms with Crippen molar-refractivity contribution in [1.82, 2.24) is 0 Å². The highest BCUT2D eigenvalue weighted by atomic mass is 32.1. The molecule has 3 heteroatoms. The lowest BCUT2D eigenvalue weighted by molar-refractivity contribution is -0.116. The third-order valence-electron chi connectivity index (χ3n) is 1.80. The summed E-state index contributed by atoms with van der Waals surface area (Å²) in [4.78, 5) is 11.1. The number of carbonyl (C=O) groups is 1. The summed E-state index contributed by atoms with van der Waals surface area (Å²) in [6, 6.07) is 7.68. The predicted octanol–water partition coefficient (Wildman–Crippen LogP) is 1.42. The molecule has 1 aliphatic heterocycles. The van der Waals surface area contributed by atoms with Crippen molar-refractivity contribution < 1.29 is 4.79 Å². The molecule has 1 amide bonds. The molecule has 0 atom stereocenters. The number of nitrogens with zero attached hydrogens (tertiary/aromatic N) is 1. The summed E-state index contributed by atoms with van der Waals surface area (Å²) in [6.45, 7) is 0. The fraction of sp³-hybridized carbons (Fsp3) is 0.125. The summed E-state index contributed by atoms with van der Waals surface area (Å²) in [5.41, 5.74) is 1.98. The van der Waals surface area contributed by atoms with E-state index in [0.717, 1.165) is 11.3 Å². The lowest BCUT2D eigenvalue weighted by Crippen LogP contribution is -2.14. The monoisotopic (exact) mass is 165 g/mol. The van der Waals surface area contributed by atoms with Crippen molar-refractivity contribution in [2.24, 2.45) is 0 Å². The second-order valence-electron chi connectivity index (χ2n) is 2.51. The first-order chi connectivity index (χ1) is 5.29. The van der Waals surface area contributed by atoms with Gasteiger partial charge in [0.1, 0.15) is 0 Å². The molecule has 1 aromatic rings. The Kier molecular flexibility index (Phi) is 1.39. The molecule has 0 radical (unpaired) electrons. The van der Waals surface area contributed by atoms with Gasteiger partial charge in [0.25, 0.3) is 0 Å². The number of benzene rings is 1. The van der Waals surface area contributed by atoms with Crippen LogP contribution in [0.15, 0.2) is 24.3 Å². The Balaban J connectivity index is 2.55. The highest BCUT2D eigenvalue weighted by molar-refractivity contribution is 7.82. The molecule has 0 saturated heterocycles. The summed E-state index contributed by atoms with van der Waals surface area (Å²) < 4.78 is 1.40. The minimum atomic E-state index is 0.0505. The van der Waals surface area contributed by atoms with Crippen molar-refractivity contribution >= 4 is 24.4 Å². The van der Waals surface area contributed by atoms with E-state index in [9.17, 15) is 4.79 Å². The minimum Gasteiger partial charge on any atom is -0.273 e. The van der Waals surface area contributed by atoms with Crippen LogP contribution in [0.25, 0.3) is 0 Å². The Morgan fingerprint density at radius 2 is 2.09 bits per heavy atom. The molecule has 0 fully saturated rings. The molecular weight excluding hydrogens is 158 g/mol. The molecule has 1 aliphatic rings. The molecule has 0 N–H and O–H groups in total. The van der Waals surface area contributed by atoms with Crippen LogP contribution < -0.4 is 4.31 Å². The van der Waals surface area contributed by atoms with Gasteiger partial charge in [-0.2, -0.15) is 0 Å². The van der Waals surface area contributed by atoms with Gasteiger partial charge in [-0.25, -0.2) is 0 Å². The Bertz CT molecular complexity index is 311. The van der Waals surface area contributed by atoms with Gasteiger partial charge in [-0.3, -0.25) is 9.10 Å². The van der Waals surface area contributed by atoms with Crippen molar-refractivity contribution in [3.63, 3.8) is 0 Å². The number of amides is 1. The SMILES string of the molecule is O=C1Cc2ccccc2N1S. The zero-order valence-electron chi connectivity index (χ0n) is 5.82. The van der Waals surface area contributed by atoms with Crippen molar-refractivity contribution in [3.8, 4) is 0 Å². The van der Waals surface area contributed by atoms with Crippen LogP contribution in [0, 0.1) is 0 Å². The van der Waals surface area contributed by atoms with E-state index in [0.29, 0.717) is 6.42 Å². The van der Waals surface area contributed by atoms with Crippen molar-refractivity contribution in [3.05, 3.63) is 29.8 Å². The van der Waals surface area contributed by atoms with Crippen LogP contribution in [0.1, 0.15) is 5.56 Å². The molecule has 2 nitrogen and oxygen atoms in total. The number of carbonyl (C=O) groups excluding carboxylic acids is 1. The van der Waals surface area contributed by atoms with E-state index in [1.54, 1.807) is 0 Å². The maximum atomic E-state index is 11.1. The van der Waals surface area contributed by atoms with Crippen LogP contribution in [0.3, 0.4) is 0 Å². The molecule has 0 aromatic heterocycles. The Hall–Kier alpha value is -0.960. The van der Waals surface area contributed by atoms with Gasteiger partial charge >= 0.3 is 0 Å². The smallest absolute Gasteiger partial charge is 0.241 e. The normalized spacial score (nSPS) is 15.4. The average molecular weight is 165 g/mol. The third kappa shape index (κ3) is 0.922. The van der Waals surface area contributed by atoms with E-state index in [2.05, 4.69) is 12.8 Å². The first kappa shape index (κ1) is 6.73. The lowest BCUT2D eigenvalue weighted by atomic mass is 10.2. The molecule has 1 aromatic carbocycles. The van der Waals surface area contributed by atoms with Gasteiger partial charge in [-0.1, -0.05) is 31.0 Å². The summed E-state index contributed by atoms with van der Waals surface area (Å²) in [5.74, 6) is 0.0505. The fourth-order valence-electron chi connectivity index (χ4n) is 1.24. The van der Waals surface area contributed by atoms with Crippen LogP contribution in [0.5, 0.6) is 0 Å². The van der Waals surface area contributed by atoms with Gasteiger partial charge in [-0.15, -0.1) is 0 Å². The summed E-state index contributed by atoms with van der Waals surface area (Å²) >= 11 is 4.05. The quantitative estimate of drug-likeness (QED) is 0.576. The molecule has 56 valence electrons. The number of rotatable bonds is 0. The molecule has 0 aliphatic carbocycles. The molecule has 11 heavy (non-hydrogen) atoms. The Morgan fingerprint density at radius 1 is 1.36 bits per heavy atom. The number of anilines is 1. The van der Waals surface area contributed by atoms with E-state index >= 15 is 0 Å². The maximum Gasteiger partial charge on any atom is 0.241 e. The van der Waals surface area contributed by atoms with Crippen molar-refractivity contribution in [1.29, 1.82) is 0 Å². The van der Waals surface area contributed by atoms with Gasteiger partial charge in [0.15, 0.2) is 0 Å². The number of para-hydroxylation sites is 1. The summed E-state index contributed by atoms with van der Waals surface area (Å²) in [7, 11) is 0. The number of thiol groups is 1.